The first-order valence-corrected chi connectivity index (χ1v) is 7.89. The summed E-state index contributed by atoms with van der Waals surface area (Å²) >= 11 is 1.61. The highest BCUT2D eigenvalue weighted by Gasteiger charge is 2.58. The van der Waals surface area contributed by atoms with Gasteiger partial charge in [-0.1, -0.05) is 11.8 Å². The first-order valence-electron chi connectivity index (χ1n) is 7.07. The number of amidine groups is 1. The molecule has 0 saturated heterocycles. The number of thioether (sulfide) groups is 1. The summed E-state index contributed by atoms with van der Waals surface area (Å²) in [6.45, 7) is 3.93. The van der Waals surface area contributed by atoms with Crippen LogP contribution < -0.4 is 5.32 Å². The van der Waals surface area contributed by atoms with Crippen LogP contribution in [-0.4, -0.2) is 21.4 Å². The maximum absolute atomic E-state index is 11.8. The topological polar surface area (TPSA) is 41.5 Å². The molecule has 1 heterocycles. The van der Waals surface area contributed by atoms with Crippen LogP contribution >= 0.6 is 11.8 Å². The van der Waals surface area contributed by atoms with Gasteiger partial charge in [-0.15, -0.1) is 0 Å². The molecule has 4 aliphatic carbocycles. The lowest BCUT2D eigenvalue weighted by molar-refractivity contribution is -0.119. The van der Waals surface area contributed by atoms with Crippen molar-refractivity contribution in [2.75, 3.05) is 0 Å². The van der Waals surface area contributed by atoms with Gasteiger partial charge in [0, 0.05) is 5.54 Å². The Morgan fingerprint density at radius 2 is 1.89 bits per heavy atom. The second-order valence-electron chi connectivity index (χ2n) is 7.16. The van der Waals surface area contributed by atoms with Crippen molar-refractivity contribution in [3.63, 3.8) is 0 Å². The van der Waals surface area contributed by atoms with Gasteiger partial charge in [-0.05, 0) is 63.7 Å². The van der Waals surface area contributed by atoms with Gasteiger partial charge in [-0.3, -0.25) is 4.79 Å². The van der Waals surface area contributed by atoms with Crippen LogP contribution in [0.25, 0.3) is 0 Å². The van der Waals surface area contributed by atoms with E-state index in [1.807, 2.05) is 13.8 Å². The lowest BCUT2D eigenvalue weighted by atomic mass is 9.80. The molecule has 1 N–H and O–H groups in total. The van der Waals surface area contributed by atoms with E-state index in [-0.39, 0.29) is 10.7 Å². The summed E-state index contributed by atoms with van der Waals surface area (Å²) in [5.41, 5.74) is 0.292. The van der Waals surface area contributed by atoms with Gasteiger partial charge in [0.25, 0.3) is 5.91 Å². The molecule has 3 nitrogen and oxygen atoms in total. The van der Waals surface area contributed by atoms with E-state index in [0.29, 0.717) is 5.54 Å². The van der Waals surface area contributed by atoms with Crippen molar-refractivity contribution in [1.82, 2.24) is 5.32 Å². The minimum atomic E-state index is -0.366. The molecule has 0 aromatic rings. The highest BCUT2D eigenvalue weighted by Crippen LogP contribution is 2.60. The molecule has 4 heteroatoms. The number of carbonyl (C=O) groups excluding carboxylic acids is 1. The Kier molecular flexibility index (Phi) is 2.09. The molecule has 4 bridgehead atoms. The molecular formula is C14H20N2OS. The Balaban J connectivity index is 1.57. The molecule has 0 aromatic heterocycles. The highest BCUT2D eigenvalue weighted by molar-refractivity contribution is 8.16. The van der Waals surface area contributed by atoms with Gasteiger partial charge in [0.05, 0.1) is 4.75 Å². The molecule has 0 aromatic carbocycles. The van der Waals surface area contributed by atoms with Crippen LogP contribution in [0.3, 0.4) is 0 Å². The van der Waals surface area contributed by atoms with Gasteiger partial charge in [-0.2, -0.15) is 4.99 Å². The second-order valence-corrected chi connectivity index (χ2v) is 8.77. The number of carbonyl (C=O) groups is 1. The average molecular weight is 264 g/mol. The maximum atomic E-state index is 11.8. The number of hydrogen-bond acceptors (Lipinski definition) is 3. The van der Waals surface area contributed by atoms with E-state index in [9.17, 15) is 4.79 Å². The van der Waals surface area contributed by atoms with Gasteiger partial charge < -0.3 is 5.32 Å². The first kappa shape index (κ1) is 11.3. The predicted molar refractivity (Wildman–Crippen MR) is 73.5 cm³/mol. The summed E-state index contributed by atoms with van der Waals surface area (Å²) < 4.78 is -0.366. The molecule has 98 valence electrons. The van der Waals surface area contributed by atoms with Crippen LogP contribution in [0.5, 0.6) is 0 Å². The molecule has 0 spiro atoms. The van der Waals surface area contributed by atoms with E-state index in [4.69, 9.17) is 0 Å². The molecule has 4 saturated carbocycles. The van der Waals surface area contributed by atoms with Crippen molar-refractivity contribution in [1.29, 1.82) is 0 Å². The fourth-order valence-corrected chi connectivity index (χ4v) is 5.80. The Morgan fingerprint density at radius 3 is 2.44 bits per heavy atom. The fraction of sp³-hybridized carbons (Fsp3) is 0.857. The normalized spacial score (nSPS) is 47.8. The quantitative estimate of drug-likeness (QED) is 0.791. The summed E-state index contributed by atoms with van der Waals surface area (Å²) in [7, 11) is 0. The molecule has 2 atom stereocenters. The summed E-state index contributed by atoms with van der Waals surface area (Å²) in [6.07, 6.45) is 6.87. The van der Waals surface area contributed by atoms with E-state index >= 15 is 0 Å². The Morgan fingerprint density at radius 1 is 1.22 bits per heavy atom. The van der Waals surface area contributed by atoms with E-state index in [1.54, 1.807) is 11.8 Å². The molecule has 18 heavy (non-hydrogen) atoms. The van der Waals surface area contributed by atoms with Gasteiger partial charge in [0.15, 0.2) is 5.17 Å². The molecule has 1 aliphatic heterocycles. The summed E-state index contributed by atoms with van der Waals surface area (Å²) in [4.78, 5) is 16.0. The third-order valence-electron chi connectivity index (χ3n) is 5.42. The SMILES string of the molecule is CC1(C)SC(NC23CC4CC(CC2C4)C3)=NC1=O. The number of rotatable bonds is 1. The third-order valence-corrected chi connectivity index (χ3v) is 6.49. The lowest BCUT2D eigenvalue weighted by Gasteiger charge is -2.34. The van der Waals surface area contributed by atoms with E-state index in [1.165, 1.54) is 32.1 Å². The maximum Gasteiger partial charge on any atom is 0.264 e. The van der Waals surface area contributed by atoms with Crippen molar-refractivity contribution < 1.29 is 4.79 Å². The van der Waals surface area contributed by atoms with Crippen molar-refractivity contribution in [2.45, 2.75) is 56.2 Å². The second kappa shape index (κ2) is 3.33. The molecule has 2 unspecified atom stereocenters. The third kappa shape index (κ3) is 1.44. The van der Waals surface area contributed by atoms with Crippen molar-refractivity contribution in [3.05, 3.63) is 0 Å². The van der Waals surface area contributed by atoms with Crippen molar-refractivity contribution >= 4 is 22.8 Å². The van der Waals surface area contributed by atoms with Crippen molar-refractivity contribution in [2.24, 2.45) is 22.7 Å². The lowest BCUT2D eigenvalue weighted by Crippen LogP contribution is -2.48. The first-order chi connectivity index (χ1) is 8.47. The van der Waals surface area contributed by atoms with Crippen LogP contribution in [-0.2, 0) is 4.79 Å². The predicted octanol–water partition coefficient (Wildman–Crippen LogP) is 2.56. The van der Waals surface area contributed by atoms with Crippen LogP contribution in [0.2, 0.25) is 0 Å². The van der Waals surface area contributed by atoms with Gasteiger partial charge in [0.2, 0.25) is 0 Å². The van der Waals surface area contributed by atoms with E-state index in [0.717, 1.165) is 22.9 Å². The number of amides is 1. The standard InChI is InChI=1S/C14H20N2OS/c1-13(2)11(17)15-12(18-13)16-14-6-8-3-9(7-14)5-10(14)4-8/h8-10H,3-7H2,1-2H3,(H,15,16,17). The summed E-state index contributed by atoms with van der Waals surface area (Å²) in [5, 5.41) is 4.58. The average Bonchev–Trinajstić information content (AvgIpc) is 2.72. The summed E-state index contributed by atoms with van der Waals surface area (Å²) in [5.74, 6) is 2.73. The Hall–Kier alpha value is -0.510. The highest BCUT2D eigenvalue weighted by atomic mass is 32.2. The number of hydrogen-bond donors (Lipinski definition) is 1. The molecule has 4 fully saturated rings. The molecule has 5 aliphatic rings. The van der Waals surface area contributed by atoms with E-state index in [2.05, 4.69) is 10.3 Å². The minimum Gasteiger partial charge on any atom is -0.359 e. The van der Waals surface area contributed by atoms with Crippen LogP contribution in [0.1, 0.15) is 46.0 Å². The smallest absolute Gasteiger partial charge is 0.264 e. The number of nitrogens with zero attached hydrogens (tertiary/aromatic N) is 1. The fourth-order valence-electron chi connectivity index (χ4n) is 4.80. The van der Waals surface area contributed by atoms with Crippen LogP contribution in [0, 0.1) is 17.8 Å². The van der Waals surface area contributed by atoms with E-state index < -0.39 is 0 Å². The monoisotopic (exact) mass is 264 g/mol. The molecular weight excluding hydrogens is 244 g/mol. The van der Waals surface area contributed by atoms with Gasteiger partial charge >= 0.3 is 0 Å². The zero-order chi connectivity index (χ0) is 12.5. The zero-order valence-corrected chi connectivity index (χ0v) is 11.8. The number of nitrogens with one attached hydrogen (secondary N) is 1. The zero-order valence-electron chi connectivity index (χ0n) is 11.0. The number of aliphatic imine (C=N–C) groups is 1. The van der Waals surface area contributed by atoms with Crippen molar-refractivity contribution in [3.8, 4) is 0 Å². The van der Waals surface area contributed by atoms with Crippen LogP contribution in [0.4, 0.5) is 0 Å². The molecule has 0 radical (unpaired) electrons. The molecule has 5 rings (SSSR count). The molecule has 1 amide bonds. The van der Waals surface area contributed by atoms with Crippen LogP contribution in [0.15, 0.2) is 4.99 Å². The largest absolute Gasteiger partial charge is 0.359 e. The van der Waals surface area contributed by atoms with Gasteiger partial charge in [0.1, 0.15) is 0 Å². The van der Waals surface area contributed by atoms with Gasteiger partial charge in [-0.25, -0.2) is 0 Å². The Bertz CT molecular complexity index is 443. The summed E-state index contributed by atoms with van der Waals surface area (Å²) in [6, 6.07) is 0. The minimum absolute atomic E-state index is 0.0177. The Labute approximate surface area is 112 Å².